The van der Waals surface area contributed by atoms with Crippen molar-refractivity contribution < 1.29 is 0 Å². The van der Waals surface area contributed by atoms with E-state index in [1.54, 1.807) is 6.07 Å². The lowest BCUT2D eigenvalue weighted by atomic mass is 10.1. The highest BCUT2D eigenvalue weighted by Gasteiger charge is 1.98. The van der Waals surface area contributed by atoms with Crippen LogP contribution in [-0.2, 0) is 0 Å². The lowest BCUT2D eigenvalue weighted by molar-refractivity contribution is 1.29. The van der Waals surface area contributed by atoms with Crippen molar-refractivity contribution in [3.63, 3.8) is 0 Å². The van der Waals surface area contributed by atoms with E-state index < -0.39 is 0 Å². The smallest absolute Gasteiger partial charge is 0.0991 e. The lowest BCUT2D eigenvalue weighted by Crippen LogP contribution is -2.02. The summed E-state index contributed by atoms with van der Waals surface area (Å²) in [4.78, 5) is 0. The molecule has 14 heavy (non-hydrogen) atoms. The molecule has 0 unspecified atom stereocenters. The maximum atomic E-state index is 8.68. The highest BCUT2D eigenvalue weighted by molar-refractivity contribution is 9.11. The third-order valence-electron chi connectivity index (χ3n) is 1.83. The van der Waals surface area contributed by atoms with Crippen LogP contribution in [0, 0.1) is 18.3 Å². The van der Waals surface area contributed by atoms with Gasteiger partial charge in [0, 0.05) is 16.7 Å². The second-order valence-electron chi connectivity index (χ2n) is 3.01. The van der Waals surface area contributed by atoms with Crippen LogP contribution in [0.15, 0.2) is 29.3 Å². The van der Waals surface area contributed by atoms with Gasteiger partial charge in [-0.25, -0.2) is 0 Å². The van der Waals surface area contributed by atoms with Gasteiger partial charge in [-0.1, -0.05) is 22.5 Å². The molecule has 0 radical (unpaired) electrons. The number of benzene rings is 1. The SMILES string of the molecule is C=C(Br)CNc1ccc(C#N)cc1C. The van der Waals surface area contributed by atoms with Crippen molar-refractivity contribution in [2.75, 3.05) is 11.9 Å². The fourth-order valence-corrected chi connectivity index (χ4v) is 1.26. The number of hydrogen-bond donors (Lipinski definition) is 1. The molecule has 0 aliphatic carbocycles. The van der Waals surface area contributed by atoms with Gasteiger partial charge in [0.15, 0.2) is 0 Å². The summed E-state index contributed by atoms with van der Waals surface area (Å²) < 4.78 is 0.904. The topological polar surface area (TPSA) is 35.8 Å². The molecule has 0 saturated heterocycles. The number of halogens is 1. The summed E-state index contributed by atoms with van der Waals surface area (Å²) in [6, 6.07) is 7.67. The molecule has 0 atom stereocenters. The standard InChI is InChI=1S/C11H11BrN2/c1-8-5-10(6-13)3-4-11(8)14-7-9(2)12/h3-5,14H,2,7H2,1H3. The summed E-state index contributed by atoms with van der Waals surface area (Å²) >= 11 is 3.28. The van der Waals surface area contributed by atoms with E-state index in [2.05, 4.69) is 33.9 Å². The predicted octanol–water partition coefficient (Wildman–Crippen LogP) is 3.19. The first-order valence-corrected chi connectivity index (χ1v) is 5.00. The van der Waals surface area contributed by atoms with Crippen molar-refractivity contribution in [3.8, 4) is 6.07 Å². The normalized spacial score (nSPS) is 9.21. The molecule has 1 rings (SSSR count). The van der Waals surface area contributed by atoms with Gasteiger partial charge in [0.1, 0.15) is 0 Å². The molecule has 0 saturated carbocycles. The van der Waals surface area contributed by atoms with Crippen LogP contribution >= 0.6 is 15.9 Å². The van der Waals surface area contributed by atoms with Gasteiger partial charge in [-0.15, -0.1) is 0 Å². The van der Waals surface area contributed by atoms with Crippen LogP contribution in [0.2, 0.25) is 0 Å². The van der Waals surface area contributed by atoms with Gasteiger partial charge in [-0.2, -0.15) is 5.26 Å². The average Bonchev–Trinajstić information content (AvgIpc) is 2.15. The highest BCUT2D eigenvalue weighted by atomic mass is 79.9. The van der Waals surface area contributed by atoms with Crippen LogP contribution in [0.1, 0.15) is 11.1 Å². The molecular formula is C11H11BrN2. The minimum absolute atomic E-state index is 0.686. The van der Waals surface area contributed by atoms with Crippen LogP contribution < -0.4 is 5.32 Å². The van der Waals surface area contributed by atoms with Gasteiger partial charge < -0.3 is 5.32 Å². The van der Waals surface area contributed by atoms with Crippen molar-refractivity contribution >= 4 is 21.6 Å². The summed E-state index contributed by atoms with van der Waals surface area (Å²) in [6.45, 7) is 6.40. The predicted molar refractivity (Wildman–Crippen MR) is 62.5 cm³/mol. The summed E-state index contributed by atoms with van der Waals surface area (Å²) in [5.74, 6) is 0. The molecule has 0 aliphatic rings. The molecule has 0 bridgehead atoms. The Kier molecular flexibility index (Phi) is 3.73. The van der Waals surface area contributed by atoms with Crippen molar-refractivity contribution in [3.05, 3.63) is 40.4 Å². The van der Waals surface area contributed by atoms with E-state index in [4.69, 9.17) is 5.26 Å². The monoisotopic (exact) mass is 250 g/mol. The van der Waals surface area contributed by atoms with Gasteiger partial charge in [0.25, 0.3) is 0 Å². The van der Waals surface area contributed by atoms with E-state index in [1.165, 1.54) is 0 Å². The van der Waals surface area contributed by atoms with E-state index in [-0.39, 0.29) is 0 Å². The van der Waals surface area contributed by atoms with Gasteiger partial charge in [0.05, 0.1) is 11.6 Å². The molecule has 0 heterocycles. The third-order valence-corrected chi connectivity index (χ3v) is 2.11. The zero-order chi connectivity index (χ0) is 10.6. The number of anilines is 1. The van der Waals surface area contributed by atoms with Crippen molar-refractivity contribution in [2.24, 2.45) is 0 Å². The first kappa shape index (κ1) is 10.8. The quantitative estimate of drug-likeness (QED) is 0.895. The number of nitrogens with zero attached hydrogens (tertiary/aromatic N) is 1. The highest BCUT2D eigenvalue weighted by Crippen LogP contribution is 2.16. The number of nitrogens with one attached hydrogen (secondary N) is 1. The molecule has 1 aromatic rings. The fraction of sp³-hybridized carbons (Fsp3) is 0.182. The van der Waals surface area contributed by atoms with Gasteiger partial charge >= 0.3 is 0 Å². The Morgan fingerprint density at radius 2 is 2.36 bits per heavy atom. The summed E-state index contributed by atoms with van der Waals surface area (Å²) in [5.41, 5.74) is 2.79. The largest absolute Gasteiger partial charge is 0.380 e. The van der Waals surface area contributed by atoms with Crippen LogP contribution in [0.4, 0.5) is 5.69 Å². The summed E-state index contributed by atoms with van der Waals surface area (Å²) in [6.07, 6.45) is 0. The van der Waals surface area contributed by atoms with Crippen LogP contribution in [0.5, 0.6) is 0 Å². The van der Waals surface area contributed by atoms with Crippen molar-refractivity contribution in [2.45, 2.75) is 6.92 Å². The van der Waals surface area contributed by atoms with Crippen LogP contribution in [-0.4, -0.2) is 6.54 Å². The van der Waals surface area contributed by atoms with Crippen LogP contribution in [0.25, 0.3) is 0 Å². The minimum Gasteiger partial charge on any atom is -0.380 e. The van der Waals surface area contributed by atoms with Gasteiger partial charge in [-0.05, 0) is 30.7 Å². The molecule has 0 aliphatic heterocycles. The Bertz CT molecular complexity index is 391. The summed E-state index contributed by atoms with van der Waals surface area (Å²) in [7, 11) is 0. The van der Waals surface area contributed by atoms with E-state index in [9.17, 15) is 0 Å². The van der Waals surface area contributed by atoms with E-state index in [0.29, 0.717) is 12.1 Å². The van der Waals surface area contributed by atoms with Gasteiger partial charge in [0.2, 0.25) is 0 Å². The molecule has 72 valence electrons. The average molecular weight is 251 g/mol. The second-order valence-corrected chi connectivity index (χ2v) is 4.13. The first-order chi connectivity index (χ1) is 6.63. The lowest BCUT2D eigenvalue weighted by Gasteiger charge is -2.08. The van der Waals surface area contributed by atoms with Gasteiger partial charge in [-0.3, -0.25) is 0 Å². The molecule has 3 heteroatoms. The van der Waals surface area contributed by atoms with Crippen LogP contribution in [0.3, 0.4) is 0 Å². The second kappa shape index (κ2) is 4.83. The Labute approximate surface area is 92.4 Å². The molecule has 0 amide bonds. The maximum absolute atomic E-state index is 8.68. The van der Waals surface area contributed by atoms with E-state index in [0.717, 1.165) is 15.7 Å². The Hall–Kier alpha value is -1.27. The molecule has 0 aromatic heterocycles. The number of rotatable bonds is 3. The molecule has 1 aromatic carbocycles. The molecular weight excluding hydrogens is 240 g/mol. The Morgan fingerprint density at radius 1 is 1.64 bits per heavy atom. The van der Waals surface area contributed by atoms with E-state index >= 15 is 0 Å². The zero-order valence-electron chi connectivity index (χ0n) is 7.97. The first-order valence-electron chi connectivity index (χ1n) is 4.21. The minimum atomic E-state index is 0.686. The number of nitriles is 1. The Balaban J connectivity index is 2.80. The fourth-order valence-electron chi connectivity index (χ4n) is 1.12. The Morgan fingerprint density at radius 3 is 2.86 bits per heavy atom. The zero-order valence-corrected chi connectivity index (χ0v) is 9.56. The number of aryl methyl sites for hydroxylation is 1. The van der Waals surface area contributed by atoms with Crippen molar-refractivity contribution in [1.29, 1.82) is 5.26 Å². The number of hydrogen-bond acceptors (Lipinski definition) is 2. The molecule has 1 N–H and O–H groups in total. The van der Waals surface area contributed by atoms with Crippen molar-refractivity contribution in [1.82, 2.24) is 0 Å². The maximum Gasteiger partial charge on any atom is 0.0991 e. The molecule has 0 fully saturated rings. The summed E-state index contributed by atoms with van der Waals surface area (Å²) in [5, 5.41) is 11.9. The van der Waals surface area contributed by atoms with E-state index in [1.807, 2.05) is 19.1 Å². The molecule has 0 spiro atoms. The third kappa shape index (κ3) is 2.90. The molecule has 2 nitrogen and oxygen atoms in total.